The molecule has 0 spiro atoms. The van der Waals surface area contributed by atoms with E-state index in [0.29, 0.717) is 22.3 Å². The second-order valence-corrected chi connectivity index (χ2v) is 8.22. The largest absolute Gasteiger partial charge is 1.00 e. The monoisotopic (exact) mass is 468 g/mol. The molecule has 0 saturated carbocycles. The minimum Gasteiger partial charge on any atom is -0.744 e. The maximum atomic E-state index is 12.3. The smallest absolute Gasteiger partial charge is 0.744 e. The quantitative estimate of drug-likeness (QED) is 0.200. The fourth-order valence-corrected chi connectivity index (χ4v) is 3.86. The van der Waals surface area contributed by atoms with E-state index in [-0.39, 0.29) is 52.2 Å². The molecule has 10 heteroatoms. The molecular weight excluding hydrogens is 451 g/mol. The van der Waals surface area contributed by atoms with E-state index in [1.54, 1.807) is 54.6 Å². The summed E-state index contributed by atoms with van der Waals surface area (Å²) in [4.78, 5) is 11.9. The number of nitrogen functional groups attached to an aromatic ring is 1. The number of hydrogen-bond donors (Lipinski definition) is 2. The van der Waals surface area contributed by atoms with Gasteiger partial charge in [0.1, 0.15) is 15.8 Å². The Bertz CT molecular complexity index is 1440. The molecule has 0 radical (unpaired) electrons. The number of nitrogens with one attached hydrogen (secondary N) is 1. The zero-order chi connectivity index (χ0) is 22.7. The Hall–Kier alpha value is -3.08. The second-order valence-electron chi connectivity index (χ2n) is 6.87. The maximum absolute atomic E-state index is 12.3. The first-order valence-corrected chi connectivity index (χ1v) is 10.9. The fourth-order valence-electron chi connectivity index (χ4n) is 3.16. The van der Waals surface area contributed by atoms with Gasteiger partial charge in [-0.25, -0.2) is 8.42 Å². The Morgan fingerprint density at radius 2 is 1.45 bits per heavy atom. The number of benzene rings is 4. The molecule has 4 rings (SSSR count). The van der Waals surface area contributed by atoms with Crippen molar-refractivity contribution in [2.45, 2.75) is 4.90 Å². The Kier molecular flexibility index (Phi) is 7.62. The molecule has 0 bridgehead atoms. The Morgan fingerprint density at radius 3 is 2.09 bits per heavy atom. The summed E-state index contributed by atoms with van der Waals surface area (Å²) in [5.74, 6) is -0.274. The van der Waals surface area contributed by atoms with Crippen LogP contribution in [0.15, 0.2) is 100 Å². The van der Waals surface area contributed by atoms with E-state index in [1.807, 2.05) is 18.2 Å². The van der Waals surface area contributed by atoms with Crippen LogP contribution >= 0.6 is 0 Å². The van der Waals surface area contributed by atoms with Crippen LogP contribution in [-0.2, 0) is 10.1 Å². The SMILES string of the molecule is Nc1c(N=Nc2ccc(C(=O)Nc3ccccc3)cc2)cc(S(=O)(=O)[O-])c2ccccc12.[Na+]. The van der Waals surface area contributed by atoms with Gasteiger partial charge >= 0.3 is 29.6 Å². The summed E-state index contributed by atoms with van der Waals surface area (Å²) in [5.41, 5.74) is 7.92. The van der Waals surface area contributed by atoms with Crippen molar-refractivity contribution in [1.29, 1.82) is 0 Å². The summed E-state index contributed by atoms with van der Waals surface area (Å²) < 4.78 is 35.1. The summed E-state index contributed by atoms with van der Waals surface area (Å²) in [6.07, 6.45) is 0. The summed E-state index contributed by atoms with van der Waals surface area (Å²) in [6.45, 7) is 0. The first-order valence-electron chi connectivity index (χ1n) is 9.48. The molecule has 33 heavy (non-hydrogen) atoms. The van der Waals surface area contributed by atoms with Crippen LogP contribution in [0.5, 0.6) is 0 Å². The van der Waals surface area contributed by atoms with Gasteiger partial charge in [-0.2, -0.15) is 5.11 Å². The van der Waals surface area contributed by atoms with E-state index >= 15 is 0 Å². The molecule has 0 saturated heterocycles. The van der Waals surface area contributed by atoms with Gasteiger partial charge in [-0.05, 0) is 42.5 Å². The molecule has 4 aromatic rings. The standard InChI is InChI=1S/C23H18N4O4S.Na/c24-22-19-9-5-4-8-18(19)21(32(29,30)31)14-20(22)27-26-17-12-10-15(11-13-17)23(28)25-16-6-2-1-3-7-16;/h1-14H,24H2,(H,25,28)(H,29,30,31);/q;+1/p-1. The van der Waals surface area contributed by atoms with E-state index < -0.39 is 15.0 Å². The van der Waals surface area contributed by atoms with Crippen molar-refractivity contribution in [3.8, 4) is 0 Å². The van der Waals surface area contributed by atoms with Gasteiger partial charge in [-0.1, -0.05) is 42.5 Å². The average Bonchev–Trinajstić information content (AvgIpc) is 2.79. The third-order valence-corrected chi connectivity index (χ3v) is 5.61. The maximum Gasteiger partial charge on any atom is 1.00 e. The van der Waals surface area contributed by atoms with Gasteiger partial charge in [0.15, 0.2) is 0 Å². The molecular formula is C23H17N4NaO4S. The van der Waals surface area contributed by atoms with Crippen LogP contribution in [0, 0.1) is 0 Å². The third-order valence-electron chi connectivity index (χ3n) is 4.73. The molecule has 0 aliphatic carbocycles. The number of para-hydroxylation sites is 1. The number of anilines is 2. The Labute approximate surface area is 212 Å². The van der Waals surface area contributed by atoms with Gasteiger partial charge in [-0.15, -0.1) is 5.11 Å². The minimum absolute atomic E-state index is 0. The molecule has 0 heterocycles. The van der Waals surface area contributed by atoms with E-state index in [4.69, 9.17) is 5.73 Å². The van der Waals surface area contributed by atoms with Gasteiger partial charge in [0.05, 0.1) is 16.3 Å². The van der Waals surface area contributed by atoms with Gasteiger partial charge in [0, 0.05) is 22.0 Å². The topological polar surface area (TPSA) is 137 Å². The number of carbonyl (C=O) groups excluding carboxylic acids is 1. The van der Waals surface area contributed by atoms with Crippen LogP contribution in [0.25, 0.3) is 10.8 Å². The number of nitrogens with zero attached hydrogens (tertiary/aromatic N) is 2. The number of amides is 1. The number of carbonyl (C=O) groups is 1. The van der Waals surface area contributed by atoms with Gasteiger partial charge in [-0.3, -0.25) is 4.79 Å². The van der Waals surface area contributed by atoms with E-state index in [9.17, 15) is 17.8 Å². The number of azo groups is 1. The summed E-state index contributed by atoms with van der Waals surface area (Å²) in [7, 11) is -4.74. The predicted octanol–water partition coefficient (Wildman–Crippen LogP) is 2.00. The van der Waals surface area contributed by atoms with Crippen molar-refractivity contribution < 1.29 is 47.3 Å². The van der Waals surface area contributed by atoms with Crippen molar-refractivity contribution in [1.82, 2.24) is 0 Å². The fraction of sp³-hybridized carbons (Fsp3) is 0. The van der Waals surface area contributed by atoms with Crippen molar-refractivity contribution in [2.24, 2.45) is 10.2 Å². The molecule has 160 valence electrons. The predicted molar refractivity (Wildman–Crippen MR) is 121 cm³/mol. The van der Waals surface area contributed by atoms with Crippen LogP contribution in [-0.4, -0.2) is 18.9 Å². The van der Waals surface area contributed by atoms with Crippen LogP contribution in [0.1, 0.15) is 10.4 Å². The molecule has 1 amide bonds. The van der Waals surface area contributed by atoms with E-state index in [2.05, 4.69) is 15.5 Å². The molecule has 0 aromatic heterocycles. The molecule has 0 unspecified atom stereocenters. The molecule has 0 fully saturated rings. The third kappa shape index (κ3) is 5.65. The van der Waals surface area contributed by atoms with Crippen LogP contribution in [0.4, 0.5) is 22.7 Å². The minimum atomic E-state index is -4.74. The van der Waals surface area contributed by atoms with Crippen LogP contribution in [0.2, 0.25) is 0 Å². The molecule has 3 N–H and O–H groups in total. The average molecular weight is 468 g/mol. The van der Waals surface area contributed by atoms with Crippen molar-refractivity contribution in [3.05, 3.63) is 90.5 Å². The first-order chi connectivity index (χ1) is 15.3. The van der Waals surface area contributed by atoms with Crippen molar-refractivity contribution in [2.75, 3.05) is 11.1 Å². The van der Waals surface area contributed by atoms with Crippen molar-refractivity contribution >= 4 is 49.5 Å². The number of fused-ring (bicyclic) bond motifs is 1. The van der Waals surface area contributed by atoms with Crippen LogP contribution < -0.4 is 40.6 Å². The second kappa shape index (κ2) is 10.2. The molecule has 0 aliphatic rings. The summed E-state index contributed by atoms with van der Waals surface area (Å²) in [6, 6.07) is 22.9. The molecule has 8 nitrogen and oxygen atoms in total. The normalized spacial score (nSPS) is 11.3. The molecule has 4 aromatic carbocycles. The summed E-state index contributed by atoms with van der Waals surface area (Å²) in [5, 5.41) is 11.5. The van der Waals surface area contributed by atoms with Gasteiger partial charge < -0.3 is 15.6 Å². The zero-order valence-electron chi connectivity index (χ0n) is 17.6. The van der Waals surface area contributed by atoms with Crippen molar-refractivity contribution in [3.63, 3.8) is 0 Å². The first kappa shape index (κ1) is 24.6. The van der Waals surface area contributed by atoms with E-state index in [1.165, 1.54) is 6.07 Å². The number of nitrogens with two attached hydrogens (primary N) is 1. The number of rotatable bonds is 5. The molecule has 0 aliphatic heterocycles. The Morgan fingerprint density at radius 1 is 0.848 bits per heavy atom. The van der Waals surface area contributed by atoms with Crippen LogP contribution in [0.3, 0.4) is 0 Å². The number of hydrogen-bond acceptors (Lipinski definition) is 7. The molecule has 0 atom stereocenters. The van der Waals surface area contributed by atoms with E-state index in [0.717, 1.165) is 6.07 Å². The van der Waals surface area contributed by atoms with Gasteiger partial charge in [0.2, 0.25) is 0 Å². The van der Waals surface area contributed by atoms with Gasteiger partial charge in [0.25, 0.3) is 5.91 Å². The summed E-state index contributed by atoms with van der Waals surface area (Å²) >= 11 is 0. The Balaban J connectivity index is 0.00000306. The zero-order valence-corrected chi connectivity index (χ0v) is 20.4.